The Morgan fingerprint density at radius 3 is 2.96 bits per heavy atom. The van der Waals surface area contributed by atoms with E-state index in [1.165, 1.54) is 12.1 Å². The SMILES string of the molecule is Cc1c(NC(=O)NCc2nc(C3CC3)no2)cccc1OC(F)F. The van der Waals surface area contributed by atoms with Crippen LogP contribution in [0, 0.1) is 6.92 Å². The number of carbonyl (C=O) groups excluding carboxylic acids is 1. The van der Waals surface area contributed by atoms with Gasteiger partial charge in [-0.15, -0.1) is 0 Å². The average Bonchev–Trinajstić information content (AvgIpc) is 3.28. The lowest BCUT2D eigenvalue weighted by Crippen LogP contribution is -2.28. The third kappa shape index (κ3) is 3.98. The molecule has 0 radical (unpaired) electrons. The largest absolute Gasteiger partial charge is 0.434 e. The molecule has 1 aliphatic rings. The number of aromatic nitrogens is 2. The second-order valence-corrected chi connectivity index (χ2v) is 5.44. The number of ether oxygens (including phenoxy) is 1. The van der Waals surface area contributed by atoms with Gasteiger partial charge in [-0.2, -0.15) is 13.8 Å². The van der Waals surface area contributed by atoms with Crippen molar-refractivity contribution in [3.63, 3.8) is 0 Å². The highest BCUT2D eigenvalue weighted by Gasteiger charge is 2.28. The number of nitrogens with one attached hydrogen (secondary N) is 2. The van der Waals surface area contributed by atoms with Crippen LogP contribution in [0.3, 0.4) is 0 Å². The number of rotatable bonds is 6. The third-order valence-electron chi connectivity index (χ3n) is 3.57. The average molecular weight is 338 g/mol. The molecule has 0 saturated heterocycles. The van der Waals surface area contributed by atoms with Crippen LogP contribution in [0.4, 0.5) is 19.3 Å². The van der Waals surface area contributed by atoms with Crippen LogP contribution in [-0.2, 0) is 6.54 Å². The normalized spacial score (nSPS) is 13.8. The molecular formula is C15H16F2N4O3. The predicted octanol–water partition coefficient (Wildman–Crippen LogP) is 3.18. The van der Waals surface area contributed by atoms with E-state index in [2.05, 4.69) is 25.5 Å². The van der Waals surface area contributed by atoms with Gasteiger partial charge < -0.3 is 19.9 Å². The van der Waals surface area contributed by atoms with E-state index in [0.29, 0.717) is 28.9 Å². The number of hydrogen-bond acceptors (Lipinski definition) is 5. The van der Waals surface area contributed by atoms with Crippen LogP contribution < -0.4 is 15.4 Å². The lowest BCUT2D eigenvalue weighted by atomic mass is 10.2. The lowest BCUT2D eigenvalue weighted by Gasteiger charge is -2.13. The van der Waals surface area contributed by atoms with Gasteiger partial charge in [0.25, 0.3) is 0 Å². The minimum atomic E-state index is -2.93. The summed E-state index contributed by atoms with van der Waals surface area (Å²) in [5.41, 5.74) is 0.775. The molecule has 1 aliphatic carbocycles. The summed E-state index contributed by atoms with van der Waals surface area (Å²) in [7, 11) is 0. The van der Waals surface area contributed by atoms with Gasteiger partial charge in [0.15, 0.2) is 5.82 Å². The molecule has 9 heteroatoms. The fourth-order valence-electron chi connectivity index (χ4n) is 2.14. The van der Waals surface area contributed by atoms with Gasteiger partial charge in [0.1, 0.15) is 5.75 Å². The van der Waals surface area contributed by atoms with Crippen molar-refractivity contribution in [2.45, 2.75) is 38.8 Å². The Kier molecular flexibility index (Phi) is 4.59. The van der Waals surface area contributed by atoms with Crippen LogP contribution in [0.5, 0.6) is 5.75 Å². The molecule has 2 N–H and O–H groups in total. The quantitative estimate of drug-likeness (QED) is 0.844. The van der Waals surface area contributed by atoms with E-state index in [9.17, 15) is 13.6 Å². The summed E-state index contributed by atoms with van der Waals surface area (Å²) in [6.45, 7) is -1.27. The first-order valence-electron chi connectivity index (χ1n) is 7.44. The molecule has 2 amide bonds. The molecule has 24 heavy (non-hydrogen) atoms. The van der Waals surface area contributed by atoms with Crippen LogP contribution in [0.2, 0.25) is 0 Å². The van der Waals surface area contributed by atoms with Crippen molar-refractivity contribution in [3.05, 3.63) is 35.5 Å². The van der Waals surface area contributed by atoms with E-state index in [1.807, 2.05) is 0 Å². The van der Waals surface area contributed by atoms with E-state index < -0.39 is 12.6 Å². The van der Waals surface area contributed by atoms with Gasteiger partial charge in [-0.3, -0.25) is 0 Å². The third-order valence-corrected chi connectivity index (χ3v) is 3.57. The smallest absolute Gasteiger partial charge is 0.387 e. The Hall–Kier alpha value is -2.71. The highest BCUT2D eigenvalue weighted by atomic mass is 19.3. The van der Waals surface area contributed by atoms with Crippen LogP contribution in [-0.4, -0.2) is 22.8 Å². The molecule has 128 valence electrons. The maximum atomic E-state index is 12.3. The Labute approximate surface area is 136 Å². The molecule has 1 aromatic carbocycles. The van der Waals surface area contributed by atoms with E-state index in [4.69, 9.17) is 4.52 Å². The molecule has 2 aromatic rings. The zero-order valence-electron chi connectivity index (χ0n) is 12.9. The van der Waals surface area contributed by atoms with E-state index >= 15 is 0 Å². The number of halogens is 2. The van der Waals surface area contributed by atoms with Gasteiger partial charge in [0.05, 0.1) is 6.54 Å². The maximum Gasteiger partial charge on any atom is 0.387 e. The lowest BCUT2D eigenvalue weighted by molar-refractivity contribution is -0.0502. The van der Waals surface area contributed by atoms with Crippen LogP contribution in [0.1, 0.15) is 36.0 Å². The summed E-state index contributed by atoms with van der Waals surface area (Å²) in [5, 5.41) is 8.99. The number of nitrogens with zero attached hydrogens (tertiary/aromatic N) is 2. The van der Waals surface area contributed by atoms with Crippen molar-refractivity contribution in [2.24, 2.45) is 0 Å². The van der Waals surface area contributed by atoms with Crippen LogP contribution in [0.25, 0.3) is 0 Å². The molecule has 7 nitrogen and oxygen atoms in total. The molecule has 0 spiro atoms. The monoisotopic (exact) mass is 338 g/mol. The topological polar surface area (TPSA) is 89.3 Å². The fraction of sp³-hybridized carbons (Fsp3) is 0.400. The van der Waals surface area contributed by atoms with Crippen molar-refractivity contribution < 1.29 is 22.8 Å². The zero-order valence-corrected chi connectivity index (χ0v) is 12.9. The molecule has 1 aromatic heterocycles. The van der Waals surface area contributed by atoms with Gasteiger partial charge in [0.2, 0.25) is 5.89 Å². The Bertz CT molecular complexity index is 731. The second-order valence-electron chi connectivity index (χ2n) is 5.44. The second kappa shape index (κ2) is 6.81. The van der Waals surface area contributed by atoms with Gasteiger partial charge in [-0.1, -0.05) is 11.2 Å². The van der Waals surface area contributed by atoms with E-state index in [1.54, 1.807) is 13.0 Å². The maximum absolute atomic E-state index is 12.3. The van der Waals surface area contributed by atoms with E-state index in [-0.39, 0.29) is 12.3 Å². The molecular weight excluding hydrogens is 322 g/mol. The summed E-state index contributed by atoms with van der Waals surface area (Å²) >= 11 is 0. The molecule has 0 aliphatic heterocycles. The Morgan fingerprint density at radius 2 is 2.25 bits per heavy atom. The van der Waals surface area contributed by atoms with Crippen molar-refractivity contribution in [3.8, 4) is 5.75 Å². The highest BCUT2D eigenvalue weighted by Crippen LogP contribution is 2.38. The fourth-order valence-corrected chi connectivity index (χ4v) is 2.14. The molecule has 1 saturated carbocycles. The molecule has 3 rings (SSSR count). The zero-order chi connectivity index (χ0) is 17.1. The molecule has 1 heterocycles. The van der Waals surface area contributed by atoms with Gasteiger partial charge in [-0.25, -0.2) is 4.79 Å². The molecule has 0 atom stereocenters. The Balaban J connectivity index is 1.56. The van der Waals surface area contributed by atoms with Crippen molar-refractivity contribution in [2.75, 3.05) is 5.32 Å². The number of benzene rings is 1. The number of urea groups is 1. The van der Waals surface area contributed by atoms with Gasteiger partial charge in [-0.05, 0) is 31.9 Å². The summed E-state index contributed by atoms with van der Waals surface area (Å²) in [6, 6.07) is 3.99. The summed E-state index contributed by atoms with van der Waals surface area (Å²) in [5.74, 6) is 1.36. The van der Waals surface area contributed by atoms with Crippen molar-refractivity contribution in [1.29, 1.82) is 0 Å². The number of amides is 2. The van der Waals surface area contributed by atoms with Crippen LogP contribution >= 0.6 is 0 Å². The first-order valence-corrected chi connectivity index (χ1v) is 7.44. The summed E-state index contributed by atoms with van der Waals surface area (Å²) < 4.78 is 34.1. The Morgan fingerprint density at radius 1 is 1.46 bits per heavy atom. The minimum Gasteiger partial charge on any atom is -0.434 e. The number of carbonyl (C=O) groups is 1. The van der Waals surface area contributed by atoms with Crippen LogP contribution in [0.15, 0.2) is 22.7 Å². The predicted molar refractivity (Wildman–Crippen MR) is 79.9 cm³/mol. The summed E-state index contributed by atoms with van der Waals surface area (Å²) in [6.07, 6.45) is 2.12. The highest BCUT2D eigenvalue weighted by molar-refractivity contribution is 5.90. The summed E-state index contributed by atoms with van der Waals surface area (Å²) in [4.78, 5) is 16.1. The van der Waals surface area contributed by atoms with Crippen molar-refractivity contribution in [1.82, 2.24) is 15.5 Å². The van der Waals surface area contributed by atoms with E-state index in [0.717, 1.165) is 12.8 Å². The van der Waals surface area contributed by atoms with Gasteiger partial charge in [0, 0.05) is 17.2 Å². The minimum absolute atomic E-state index is 0.00813. The number of hydrogen-bond donors (Lipinski definition) is 2. The van der Waals surface area contributed by atoms with Crippen molar-refractivity contribution >= 4 is 11.7 Å². The number of anilines is 1. The molecule has 0 unspecified atom stereocenters. The van der Waals surface area contributed by atoms with Gasteiger partial charge >= 0.3 is 12.6 Å². The first-order chi connectivity index (χ1) is 11.5. The standard InChI is InChI=1S/C15H16F2N4O3/c1-8-10(3-2-4-11(8)23-14(16)17)19-15(22)18-7-12-20-13(21-24-12)9-5-6-9/h2-4,9,14H,5-7H2,1H3,(H2,18,19,22). The molecule has 0 bridgehead atoms. The number of alkyl halides is 2. The molecule has 1 fully saturated rings. The first kappa shape index (κ1) is 16.2.